The van der Waals surface area contributed by atoms with E-state index in [0.717, 1.165) is 34.6 Å². The number of benzene rings is 3. The Bertz CT molecular complexity index is 1010. The topological polar surface area (TPSA) is 61.7 Å². The maximum atomic E-state index is 14.1. The highest BCUT2D eigenvalue weighted by Gasteiger charge is 2.15. The van der Waals surface area contributed by atoms with E-state index in [9.17, 15) is 14.6 Å². The van der Waals surface area contributed by atoms with Crippen LogP contribution in [0.1, 0.15) is 30.0 Å². The molecule has 0 aliphatic carbocycles. The molecule has 0 aromatic heterocycles. The van der Waals surface area contributed by atoms with Crippen LogP contribution in [0.3, 0.4) is 0 Å². The third-order valence-corrected chi connectivity index (χ3v) is 4.87. The van der Waals surface area contributed by atoms with Crippen LogP contribution in [-0.2, 0) is 0 Å². The van der Waals surface area contributed by atoms with E-state index in [1.54, 1.807) is 18.2 Å². The van der Waals surface area contributed by atoms with Crippen molar-refractivity contribution in [3.8, 4) is 17.2 Å². The molecule has 0 bridgehead atoms. The van der Waals surface area contributed by atoms with Crippen molar-refractivity contribution < 1.29 is 19.3 Å². The molecule has 0 aliphatic heterocycles. The molecule has 0 atom stereocenters. The molecule has 5 heteroatoms. The molecule has 3 N–H and O–H groups in total. The summed E-state index contributed by atoms with van der Waals surface area (Å²) in [5, 5.41) is 22.3. The Morgan fingerprint density at radius 1 is 0.900 bits per heavy atom. The van der Waals surface area contributed by atoms with Gasteiger partial charge in [0.1, 0.15) is 18.1 Å². The Balaban J connectivity index is 2.11. The molecule has 0 heterocycles. The van der Waals surface area contributed by atoms with E-state index in [1.165, 1.54) is 12.1 Å². The molecule has 0 saturated heterocycles. The number of phenolic OH excluding ortho intramolecular Hbond substituents is 2. The fourth-order valence-electron chi connectivity index (χ4n) is 3.35. The first-order chi connectivity index (χ1) is 14.5. The lowest BCUT2D eigenvalue weighted by Crippen LogP contribution is -2.15. The number of rotatable bonds is 8. The van der Waals surface area contributed by atoms with Crippen molar-refractivity contribution in [2.75, 3.05) is 20.2 Å². The lowest BCUT2D eigenvalue weighted by Gasteiger charge is -2.17. The maximum absolute atomic E-state index is 14.1. The Morgan fingerprint density at radius 2 is 1.50 bits per heavy atom. The fourth-order valence-corrected chi connectivity index (χ4v) is 3.35. The zero-order valence-corrected chi connectivity index (χ0v) is 17.2. The first-order valence-corrected chi connectivity index (χ1v) is 9.92. The average molecular weight is 407 g/mol. The van der Waals surface area contributed by atoms with E-state index in [4.69, 9.17) is 4.74 Å². The Morgan fingerprint density at radius 3 is 2.07 bits per heavy atom. The fraction of sp³-hybridized carbons (Fsp3) is 0.200. The van der Waals surface area contributed by atoms with E-state index >= 15 is 0 Å². The quantitative estimate of drug-likeness (QED) is 0.355. The number of hydrogen-bond donors (Lipinski definition) is 3. The van der Waals surface area contributed by atoms with Crippen molar-refractivity contribution in [2.45, 2.75) is 13.3 Å². The molecule has 0 aliphatic rings. The van der Waals surface area contributed by atoms with Gasteiger partial charge in [-0.05, 0) is 77.7 Å². The van der Waals surface area contributed by atoms with Crippen molar-refractivity contribution in [2.24, 2.45) is 0 Å². The van der Waals surface area contributed by atoms with E-state index in [1.807, 2.05) is 50.4 Å². The van der Waals surface area contributed by atoms with E-state index < -0.39 is 5.82 Å². The maximum Gasteiger partial charge on any atom is 0.165 e. The van der Waals surface area contributed by atoms with Gasteiger partial charge in [0.2, 0.25) is 0 Å². The van der Waals surface area contributed by atoms with Gasteiger partial charge in [-0.1, -0.05) is 37.3 Å². The van der Waals surface area contributed by atoms with Gasteiger partial charge in [-0.3, -0.25) is 0 Å². The number of aromatic hydroxyl groups is 2. The van der Waals surface area contributed by atoms with Crippen LogP contribution < -0.4 is 10.1 Å². The Labute approximate surface area is 176 Å². The Kier molecular flexibility index (Phi) is 7.09. The van der Waals surface area contributed by atoms with Crippen LogP contribution in [0.25, 0.3) is 11.1 Å². The van der Waals surface area contributed by atoms with Crippen LogP contribution >= 0.6 is 0 Å². The van der Waals surface area contributed by atoms with Gasteiger partial charge in [-0.25, -0.2) is 4.39 Å². The Hall–Kier alpha value is -3.31. The van der Waals surface area contributed by atoms with Gasteiger partial charge < -0.3 is 20.3 Å². The summed E-state index contributed by atoms with van der Waals surface area (Å²) in [7, 11) is 1.87. The zero-order chi connectivity index (χ0) is 21.5. The average Bonchev–Trinajstić information content (AvgIpc) is 2.76. The third-order valence-electron chi connectivity index (χ3n) is 4.87. The lowest BCUT2D eigenvalue weighted by atomic mass is 9.88. The predicted molar refractivity (Wildman–Crippen MR) is 118 cm³/mol. The minimum absolute atomic E-state index is 0.181. The second-order valence-electron chi connectivity index (χ2n) is 6.90. The number of nitrogens with one attached hydrogen (secondary N) is 1. The van der Waals surface area contributed by atoms with E-state index in [2.05, 4.69) is 5.32 Å². The summed E-state index contributed by atoms with van der Waals surface area (Å²) in [4.78, 5) is 0. The standard InChI is InChI=1S/C25H26FNO3/c1-3-22(19-8-13-24(29)23(26)16-19)25(17-4-9-20(28)10-5-17)18-6-11-21(12-7-18)30-15-14-27-2/h4-13,16,27-29H,3,14-15H2,1-2H3/b25-22-. The summed E-state index contributed by atoms with van der Waals surface area (Å²) in [5.74, 6) is -0.0758. The van der Waals surface area contributed by atoms with Gasteiger partial charge in [-0.15, -0.1) is 0 Å². The van der Waals surface area contributed by atoms with Crippen molar-refractivity contribution in [3.05, 3.63) is 89.2 Å². The van der Waals surface area contributed by atoms with Gasteiger partial charge in [0.15, 0.2) is 11.6 Å². The molecule has 156 valence electrons. The largest absolute Gasteiger partial charge is 0.508 e. The number of ether oxygens (including phenoxy) is 1. The minimum Gasteiger partial charge on any atom is -0.508 e. The third kappa shape index (κ3) is 4.99. The first kappa shape index (κ1) is 21.4. The highest BCUT2D eigenvalue weighted by atomic mass is 19.1. The number of halogens is 1. The zero-order valence-electron chi connectivity index (χ0n) is 17.2. The van der Waals surface area contributed by atoms with E-state index in [0.29, 0.717) is 18.6 Å². The highest BCUT2D eigenvalue weighted by molar-refractivity contribution is 5.98. The number of likely N-dealkylation sites (N-methyl/N-ethyl adjacent to an activating group) is 1. The van der Waals surface area contributed by atoms with Crippen molar-refractivity contribution >= 4 is 11.1 Å². The molecular formula is C25H26FNO3. The lowest BCUT2D eigenvalue weighted by molar-refractivity contribution is 0.318. The smallest absolute Gasteiger partial charge is 0.165 e. The minimum atomic E-state index is -0.656. The van der Waals surface area contributed by atoms with Crippen LogP contribution in [0, 0.1) is 5.82 Å². The van der Waals surface area contributed by atoms with Crippen molar-refractivity contribution in [1.82, 2.24) is 5.32 Å². The summed E-state index contributed by atoms with van der Waals surface area (Å²) in [6, 6.07) is 19.2. The van der Waals surface area contributed by atoms with E-state index in [-0.39, 0.29) is 11.5 Å². The molecule has 0 radical (unpaired) electrons. The highest BCUT2D eigenvalue weighted by Crippen LogP contribution is 2.36. The molecule has 0 unspecified atom stereocenters. The predicted octanol–water partition coefficient (Wildman–Crippen LogP) is 5.20. The molecule has 3 rings (SSSR count). The van der Waals surface area contributed by atoms with Crippen LogP contribution in [0.15, 0.2) is 66.7 Å². The molecule has 0 saturated carbocycles. The van der Waals surface area contributed by atoms with Crippen molar-refractivity contribution in [1.29, 1.82) is 0 Å². The molecule has 3 aromatic carbocycles. The molecule has 4 nitrogen and oxygen atoms in total. The molecule has 0 amide bonds. The van der Waals surface area contributed by atoms with Gasteiger partial charge >= 0.3 is 0 Å². The first-order valence-electron chi connectivity index (χ1n) is 9.92. The van der Waals surface area contributed by atoms with Crippen LogP contribution in [0.4, 0.5) is 4.39 Å². The monoisotopic (exact) mass is 407 g/mol. The summed E-state index contributed by atoms with van der Waals surface area (Å²) >= 11 is 0. The van der Waals surface area contributed by atoms with Crippen LogP contribution in [0.2, 0.25) is 0 Å². The summed E-state index contributed by atoms with van der Waals surface area (Å²) in [6.45, 7) is 3.34. The summed E-state index contributed by atoms with van der Waals surface area (Å²) in [5.41, 5.74) is 4.42. The SMILES string of the molecule is CC/C(=C(\c1ccc(O)cc1)c1ccc(OCCNC)cc1)c1ccc(O)c(F)c1. The normalized spacial score (nSPS) is 11.8. The van der Waals surface area contributed by atoms with Crippen molar-refractivity contribution in [3.63, 3.8) is 0 Å². The molecule has 0 spiro atoms. The number of hydrogen-bond acceptors (Lipinski definition) is 4. The molecule has 3 aromatic rings. The van der Waals surface area contributed by atoms with Gasteiger partial charge in [0.25, 0.3) is 0 Å². The number of phenols is 2. The molecule has 30 heavy (non-hydrogen) atoms. The number of allylic oxidation sites excluding steroid dienone is 1. The van der Waals surface area contributed by atoms with Gasteiger partial charge in [0, 0.05) is 6.54 Å². The molecule has 0 fully saturated rings. The van der Waals surface area contributed by atoms with Crippen LogP contribution in [0.5, 0.6) is 17.2 Å². The second kappa shape index (κ2) is 9.94. The van der Waals surface area contributed by atoms with Crippen LogP contribution in [-0.4, -0.2) is 30.4 Å². The summed E-state index contributed by atoms with van der Waals surface area (Å²) < 4.78 is 19.8. The van der Waals surface area contributed by atoms with Gasteiger partial charge in [0.05, 0.1) is 0 Å². The van der Waals surface area contributed by atoms with Gasteiger partial charge in [-0.2, -0.15) is 0 Å². The summed E-state index contributed by atoms with van der Waals surface area (Å²) in [6.07, 6.45) is 0.654. The molecular weight excluding hydrogens is 381 g/mol. The second-order valence-corrected chi connectivity index (χ2v) is 6.90.